The number of Topliss-reactive ketones (excluding diaryl/α,β-unsaturated/α-hetero) is 1. The van der Waals surface area contributed by atoms with Crippen molar-refractivity contribution in [3.63, 3.8) is 0 Å². The van der Waals surface area contributed by atoms with Gasteiger partial charge in [0.1, 0.15) is 11.6 Å². The molecule has 2 aromatic rings. The standard InChI is InChI=1S/C27H31N5O5/c1-16-22(27(37)32(2)26(16)36)24(34)23(17-8-3-4-9-17)31-21(33)14-20(18-10-7-12-28-15-18)30-25(35)19-11-5-6-13-29-19/h5-7,10-13,15-17,20,22-23H,3-4,8-9,14H2,1-2H3,(H,30,35)(H,31,33)/t16-,20-,22+,23?/m0/s1. The van der Waals surface area contributed by atoms with E-state index in [-0.39, 0.29) is 18.0 Å². The van der Waals surface area contributed by atoms with Crippen LogP contribution in [0.2, 0.25) is 0 Å². The average molecular weight is 506 g/mol. The maximum absolute atomic E-state index is 13.6. The molecule has 4 amide bonds. The molecule has 1 saturated heterocycles. The number of aromatic nitrogens is 2. The number of ketones is 1. The molecule has 1 aliphatic carbocycles. The zero-order chi connectivity index (χ0) is 26.5. The highest BCUT2D eigenvalue weighted by Crippen LogP contribution is 2.33. The predicted molar refractivity (Wildman–Crippen MR) is 133 cm³/mol. The van der Waals surface area contributed by atoms with Crippen molar-refractivity contribution in [2.24, 2.45) is 17.8 Å². The van der Waals surface area contributed by atoms with E-state index in [0.717, 1.165) is 30.6 Å². The van der Waals surface area contributed by atoms with Gasteiger partial charge in [-0.05, 0) is 42.5 Å². The lowest BCUT2D eigenvalue weighted by atomic mass is 9.83. The van der Waals surface area contributed by atoms with E-state index in [1.54, 1.807) is 49.6 Å². The van der Waals surface area contributed by atoms with Crippen LogP contribution in [0.1, 0.15) is 61.1 Å². The van der Waals surface area contributed by atoms with Gasteiger partial charge in [-0.25, -0.2) is 0 Å². The van der Waals surface area contributed by atoms with Gasteiger partial charge in [0.2, 0.25) is 17.7 Å². The van der Waals surface area contributed by atoms with Crippen molar-refractivity contribution in [2.75, 3.05) is 7.05 Å². The molecular weight excluding hydrogens is 474 g/mol. The van der Waals surface area contributed by atoms with Crippen LogP contribution >= 0.6 is 0 Å². The zero-order valence-electron chi connectivity index (χ0n) is 20.9. The molecule has 1 saturated carbocycles. The summed E-state index contributed by atoms with van der Waals surface area (Å²) in [7, 11) is 1.38. The molecule has 10 heteroatoms. The summed E-state index contributed by atoms with van der Waals surface area (Å²) in [4.78, 5) is 73.9. The summed E-state index contributed by atoms with van der Waals surface area (Å²) in [5, 5.41) is 5.70. The van der Waals surface area contributed by atoms with Gasteiger partial charge in [-0.3, -0.25) is 38.8 Å². The third kappa shape index (κ3) is 5.73. The molecule has 2 aliphatic rings. The second-order valence-corrected chi connectivity index (χ2v) is 9.73. The van der Waals surface area contributed by atoms with Crippen LogP contribution in [0.5, 0.6) is 0 Å². The molecule has 0 aromatic carbocycles. The van der Waals surface area contributed by atoms with Crippen LogP contribution in [0.3, 0.4) is 0 Å². The fourth-order valence-corrected chi connectivity index (χ4v) is 5.23. The molecule has 1 unspecified atom stereocenters. The van der Waals surface area contributed by atoms with Crippen LogP contribution in [0, 0.1) is 17.8 Å². The van der Waals surface area contributed by atoms with Crippen LogP contribution in [0.4, 0.5) is 0 Å². The quantitative estimate of drug-likeness (QED) is 0.392. The Morgan fingerprint density at radius 1 is 1.03 bits per heavy atom. The van der Waals surface area contributed by atoms with Gasteiger partial charge in [-0.1, -0.05) is 31.9 Å². The Balaban J connectivity index is 1.53. The number of pyridine rings is 2. The lowest BCUT2D eigenvalue weighted by Gasteiger charge is -2.27. The highest BCUT2D eigenvalue weighted by molar-refractivity contribution is 6.16. The smallest absolute Gasteiger partial charge is 0.270 e. The van der Waals surface area contributed by atoms with Crippen molar-refractivity contribution >= 4 is 29.4 Å². The van der Waals surface area contributed by atoms with Gasteiger partial charge in [0.15, 0.2) is 5.78 Å². The largest absolute Gasteiger partial charge is 0.346 e. The van der Waals surface area contributed by atoms with Gasteiger partial charge in [0.25, 0.3) is 5.91 Å². The number of nitrogens with one attached hydrogen (secondary N) is 2. The summed E-state index contributed by atoms with van der Waals surface area (Å²) < 4.78 is 0. The molecule has 3 heterocycles. The van der Waals surface area contributed by atoms with E-state index in [4.69, 9.17) is 0 Å². The number of hydrogen-bond donors (Lipinski definition) is 2. The van der Waals surface area contributed by atoms with E-state index in [1.165, 1.54) is 13.2 Å². The summed E-state index contributed by atoms with van der Waals surface area (Å²) in [6.07, 6.45) is 7.87. The first-order chi connectivity index (χ1) is 17.8. The van der Waals surface area contributed by atoms with Gasteiger partial charge in [-0.15, -0.1) is 0 Å². The predicted octanol–water partition coefficient (Wildman–Crippen LogP) is 1.83. The fourth-order valence-electron chi connectivity index (χ4n) is 5.23. The molecular formula is C27H31N5O5. The Morgan fingerprint density at radius 2 is 1.78 bits per heavy atom. The van der Waals surface area contributed by atoms with Crippen LogP contribution in [0.25, 0.3) is 0 Å². The van der Waals surface area contributed by atoms with Gasteiger partial charge in [0, 0.05) is 25.6 Å². The number of carbonyl (C=O) groups is 5. The van der Waals surface area contributed by atoms with Crippen molar-refractivity contribution in [3.05, 3.63) is 60.2 Å². The van der Waals surface area contributed by atoms with Crippen LogP contribution in [-0.2, 0) is 19.2 Å². The maximum atomic E-state index is 13.6. The van der Waals surface area contributed by atoms with Crippen LogP contribution < -0.4 is 10.6 Å². The molecule has 194 valence electrons. The molecule has 2 N–H and O–H groups in total. The second kappa shape index (κ2) is 11.4. The third-order valence-corrected chi connectivity index (χ3v) is 7.30. The molecule has 4 atom stereocenters. The topological polar surface area (TPSA) is 138 Å². The summed E-state index contributed by atoms with van der Waals surface area (Å²) in [5.41, 5.74) is 0.829. The minimum Gasteiger partial charge on any atom is -0.346 e. The van der Waals surface area contributed by atoms with Gasteiger partial charge in [0.05, 0.1) is 24.4 Å². The number of nitrogens with zero attached hydrogens (tertiary/aromatic N) is 3. The first kappa shape index (κ1) is 26.1. The van der Waals surface area contributed by atoms with E-state index in [0.29, 0.717) is 5.56 Å². The van der Waals surface area contributed by atoms with Crippen molar-refractivity contribution in [1.29, 1.82) is 0 Å². The Hall–Kier alpha value is -3.95. The number of carbonyl (C=O) groups excluding carboxylic acids is 5. The fraction of sp³-hybridized carbons (Fsp3) is 0.444. The van der Waals surface area contributed by atoms with E-state index in [2.05, 4.69) is 20.6 Å². The van der Waals surface area contributed by atoms with Crippen molar-refractivity contribution in [2.45, 2.75) is 51.1 Å². The van der Waals surface area contributed by atoms with E-state index in [1.807, 2.05) is 0 Å². The van der Waals surface area contributed by atoms with Crippen LogP contribution in [-0.4, -0.2) is 57.4 Å². The second-order valence-electron chi connectivity index (χ2n) is 9.73. The lowest BCUT2D eigenvalue weighted by molar-refractivity contribution is -0.141. The molecule has 0 bridgehead atoms. The average Bonchev–Trinajstić information content (AvgIpc) is 3.51. The highest BCUT2D eigenvalue weighted by atomic mass is 16.2. The van der Waals surface area contributed by atoms with E-state index >= 15 is 0 Å². The Labute approximate surface area is 215 Å². The summed E-state index contributed by atoms with van der Waals surface area (Å²) >= 11 is 0. The minimum atomic E-state index is -1.11. The first-order valence-electron chi connectivity index (χ1n) is 12.5. The van der Waals surface area contributed by atoms with Gasteiger partial charge in [-0.2, -0.15) is 0 Å². The first-order valence-corrected chi connectivity index (χ1v) is 12.5. The van der Waals surface area contributed by atoms with Gasteiger partial charge < -0.3 is 10.6 Å². The maximum Gasteiger partial charge on any atom is 0.270 e. The van der Waals surface area contributed by atoms with Crippen molar-refractivity contribution in [3.8, 4) is 0 Å². The van der Waals surface area contributed by atoms with Crippen molar-refractivity contribution in [1.82, 2.24) is 25.5 Å². The molecule has 1 aliphatic heterocycles. The Kier molecular flexibility index (Phi) is 8.05. The number of hydrogen-bond acceptors (Lipinski definition) is 7. The van der Waals surface area contributed by atoms with Gasteiger partial charge >= 0.3 is 0 Å². The summed E-state index contributed by atoms with van der Waals surface area (Å²) in [6, 6.07) is 6.82. The molecule has 2 aromatic heterocycles. The molecule has 2 fully saturated rings. The lowest BCUT2D eigenvalue weighted by Crippen LogP contribution is -2.50. The molecule has 4 rings (SSSR count). The zero-order valence-corrected chi connectivity index (χ0v) is 20.9. The Bertz CT molecular complexity index is 1170. The number of amides is 4. The molecule has 37 heavy (non-hydrogen) atoms. The van der Waals surface area contributed by atoms with E-state index < -0.39 is 53.3 Å². The highest BCUT2D eigenvalue weighted by Gasteiger charge is 2.50. The third-order valence-electron chi connectivity index (χ3n) is 7.30. The minimum absolute atomic E-state index is 0.114. The summed E-state index contributed by atoms with van der Waals surface area (Å²) in [6.45, 7) is 1.57. The molecule has 0 spiro atoms. The summed E-state index contributed by atoms with van der Waals surface area (Å²) in [5.74, 6) is -4.24. The monoisotopic (exact) mass is 505 g/mol. The number of likely N-dealkylation sites (tertiary alicyclic amines) is 1. The molecule has 10 nitrogen and oxygen atoms in total. The number of rotatable bonds is 9. The Morgan fingerprint density at radius 3 is 2.38 bits per heavy atom. The van der Waals surface area contributed by atoms with Crippen LogP contribution in [0.15, 0.2) is 48.9 Å². The molecule has 0 radical (unpaired) electrons. The normalized spacial score (nSPS) is 21.5. The van der Waals surface area contributed by atoms with Crippen molar-refractivity contribution < 1.29 is 24.0 Å². The number of imide groups is 1. The van der Waals surface area contributed by atoms with E-state index in [9.17, 15) is 24.0 Å². The SMILES string of the molecule is C[C@@H]1C(=O)N(C)C(=O)[C@H]1C(=O)C(NC(=O)C[C@H](NC(=O)c1ccccn1)c1cccnc1)C1CCCC1.